The Balaban J connectivity index is 0.00000323. The number of imidazole rings is 1. The van der Waals surface area contributed by atoms with Gasteiger partial charge in [-0.05, 0) is 24.6 Å². The molecule has 4 aromatic rings. The number of aryl methyl sites for hydroxylation is 1. The van der Waals surface area contributed by atoms with E-state index in [2.05, 4.69) is 4.98 Å². The quantitative estimate of drug-likeness (QED) is 0.198. The fourth-order valence-corrected chi connectivity index (χ4v) is 4.87. The summed E-state index contributed by atoms with van der Waals surface area (Å²) < 4.78 is 14.9. The first kappa shape index (κ1) is 35.8. The largest absolute Gasteiger partial charge is 0.493 e. The molecule has 14 heteroatoms. The van der Waals surface area contributed by atoms with E-state index in [1.165, 1.54) is 36.7 Å². The van der Waals surface area contributed by atoms with Gasteiger partial charge in [0.1, 0.15) is 12.7 Å². The summed E-state index contributed by atoms with van der Waals surface area (Å²) in [6, 6.07) is 15.8. The molecule has 0 aliphatic rings. The topological polar surface area (TPSA) is 144 Å². The molecule has 4 rings (SSSR count). The predicted octanol–water partition coefficient (Wildman–Crippen LogP) is 1.51. The lowest BCUT2D eigenvalue weighted by Crippen LogP contribution is -2.47. The highest BCUT2D eigenvalue weighted by molar-refractivity contribution is 5.85. The Morgan fingerprint density at radius 1 is 0.884 bits per heavy atom. The summed E-state index contributed by atoms with van der Waals surface area (Å²) in [7, 11) is 4.45. The third kappa shape index (κ3) is 8.17. The summed E-state index contributed by atoms with van der Waals surface area (Å²) in [6.45, 7) is 1.91. The van der Waals surface area contributed by atoms with Gasteiger partial charge in [0.15, 0.2) is 22.7 Å². The lowest BCUT2D eigenvalue weighted by atomic mass is 10.0. The SMILES string of the molecule is COc1ccccc1OCC(O)CN(CC(O)Cn1cnc2c1c(=O)n(C)c(=O)n2C)C(C)C(O)c1ccccc1.Cl.Cl. The van der Waals surface area contributed by atoms with Crippen molar-refractivity contribution < 1.29 is 24.8 Å². The number of para-hydroxylation sites is 2. The molecule has 0 spiro atoms. The van der Waals surface area contributed by atoms with Crippen LogP contribution in [0.5, 0.6) is 11.5 Å². The van der Waals surface area contributed by atoms with Gasteiger partial charge in [-0.1, -0.05) is 42.5 Å². The lowest BCUT2D eigenvalue weighted by molar-refractivity contribution is -0.0106. The van der Waals surface area contributed by atoms with Crippen molar-refractivity contribution in [2.24, 2.45) is 14.1 Å². The second kappa shape index (κ2) is 15.9. The van der Waals surface area contributed by atoms with E-state index in [0.717, 1.165) is 4.57 Å². The van der Waals surface area contributed by atoms with Gasteiger partial charge >= 0.3 is 5.69 Å². The van der Waals surface area contributed by atoms with E-state index in [-0.39, 0.29) is 62.2 Å². The lowest BCUT2D eigenvalue weighted by Gasteiger charge is -2.35. The van der Waals surface area contributed by atoms with E-state index in [9.17, 15) is 24.9 Å². The van der Waals surface area contributed by atoms with Gasteiger partial charge in [-0.2, -0.15) is 0 Å². The maximum atomic E-state index is 12.8. The second-order valence-electron chi connectivity index (χ2n) is 10.1. The Morgan fingerprint density at radius 3 is 2.14 bits per heavy atom. The van der Waals surface area contributed by atoms with Crippen LogP contribution in [0.15, 0.2) is 70.5 Å². The van der Waals surface area contributed by atoms with Gasteiger partial charge in [-0.15, -0.1) is 24.8 Å². The van der Waals surface area contributed by atoms with Crippen molar-refractivity contribution in [1.82, 2.24) is 23.6 Å². The monoisotopic (exact) mass is 639 g/mol. The molecule has 0 aliphatic heterocycles. The molecule has 0 aliphatic carbocycles. The van der Waals surface area contributed by atoms with Gasteiger partial charge in [0.05, 0.1) is 32.2 Å². The van der Waals surface area contributed by atoms with E-state index in [4.69, 9.17) is 9.47 Å². The zero-order valence-corrected chi connectivity index (χ0v) is 26.1. The van der Waals surface area contributed by atoms with E-state index in [0.29, 0.717) is 17.1 Å². The molecule has 0 bridgehead atoms. The second-order valence-corrected chi connectivity index (χ2v) is 10.1. The van der Waals surface area contributed by atoms with Crippen LogP contribution in [-0.2, 0) is 20.6 Å². The average Bonchev–Trinajstić information content (AvgIpc) is 3.40. The molecule has 236 valence electrons. The highest BCUT2D eigenvalue weighted by Crippen LogP contribution is 2.26. The van der Waals surface area contributed by atoms with E-state index < -0.39 is 35.6 Å². The number of halogens is 2. The Labute approximate surface area is 261 Å². The van der Waals surface area contributed by atoms with Crippen LogP contribution >= 0.6 is 24.8 Å². The Morgan fingerprint density at radius 2 is 1.49 bits per heavy atom. The number of benzene rings is 2. The van der Waals surface area contributed by atoms with Gasteiger partial charge in [-0.3, -0.25) is 18.8 Å². The number of methoxy groups -OCH3 is 1. The van der Waals surface area contributed by atoms with Crippen LogP contribution in [-0.4, -0.2) is 84.0 Å². The molecule has 3 N–H and O–H groups in total. The summed E-state index contributed by atoms with van der Waals surface area (Å²) in [6.07, 6.45) is -1.46. The molecule has 0 saturated carbocycles. The van der Waals surface area contributed by atoms with Crippen LogP contribution < -0.4 is 20.7 Å². The normalized spacial score (nSPS) is 14.0. The Hall–Kier alpha value is -3.39. The molecule has 0 amide bonds. The molecule has 2 aromatic heterocycles. The molecule has 0 radical (unpaired) electrons. The van der Waals surface area contributed by atoms with E-state index >= 15 is 0 Å². The number of nitrogens with zero attached hydrogens (tertiary/aromatic N) is 5. The first-order valence-electron chi connectivity index (χ1n) is 13.3. The summed E-state index contributed by atoms with van der Waals surface area (Å²) >= 11 is 0. The van der Waals surface area contributed by atoms with Crippen LogP contribution in [0.4, 0.5) is 0 Å². The molecule has 0 saturated heterocycles. The van der Waals surface area contributed by atoms with Crippen molar-refractivity contribution in [3.63, 3.8) is 0 Å². The molecule has 2 aromatic carbocycles. The number of ether oxygens (including phenoxy) is 2. The molecule has 0 fully saturated rings. The van der Waals surface area contributed by atoms with Crippen LogP contribution in [0.3, 0.4) is 0 Å². The van der Waals surface area contributed by atoms with Gasteiger partial charge in [-0.25, -0.2) is 9.78 Å². The maximum Gasteiger partial charge on any atom is 0.332 e. The number of aliphatic hydroxyl groups is 3. The molecular weight excluding hydrogens is 601 g/mol. The Kier molecular flexibility index (Phi) is 13.2. The number of aliphatic hydroxyl groups excluding tert-OH is 3. The molecule has 43 heavy (non-hydrogen) atoms. The van der Waals surface area contributed by atoms with Gasteiger partial charge in [0, 0.05) is 33.2 Å². The summed E-state index contributed by atoms with van der Waals surface area (Å²) in [4.78, 5) is 31.1. The Bertz CT molecular complexity index is 1580. The van der Waals surface area contributed by atoms with Crippen molar-refractivity contribution in [3.05, 3.63) is 87.3 Å². The number of hydrogen-bond donors (Lipinski definition) is 3. The first-order chi connectivity index (χ1) is 19.6. The van der Waals surface area contributed by atoms with E-state index in [1.807, 2.05) is 43.3 Å². The average molecular weight is 641 g/mol. The summed E-state index contributed by atoms with van der Waals surface area (Å²) in [5.41, 5.74) is 0.111. The smallest absolute Gasteiger partial charge is 0.332 e. The molecule has 12 nitrogen and oxygen atoms in total. The molecule has 2 heterocycles. The molecule has 4 atom stereocenters. The van der Waals surface area contributed by atoms with Crippen LogP contribution in [0, 0.1) is 0 Å². The fourth-order valence-electron chi connectivity index (χ4n) is 4.87. The maximum absolute atomic E-state index is 12.8. The minimum absolute atomic E-state index is 0. The van der Waals surface area contributed by atoms with Gasteiger partial charge < -0.3 is 29.4 Å². The van der Waals surface area contributed by atoms with Crippen LogP contribution in [0.25, 0.3) is 11.2 Å². The van der Waals surface area contributed by atoms with Crippen molar-refractivity contribution in [2.45, 2.75) is 37.8 Å². The number of aromatic nitrogens is 4. The van der Waals surface area contributed by atoms with Gasteiger partial charge in [0.2, 0.25) is 0 Å². The zero-order chi connectivity index (χ0) is 29.7. The molecular formula is C29H39Cl2N5O7. The number of fused-ring (bicyclic) bond motifs is 1. The van der Waals surface area contributed by atoms with Crippen LogP contribution in [0.2, 0.25) is 0 Å². The van der Waals surface area contributed by atoms with Crippen molar-refractivity contribution in [1.29, 1.82) is 0 Å². The van der Waals surface area contributed by atoms with E-state index in [1.54, 1.807) is 23.1 Å². The van der Waals surface area contributed by atoms with Crippen molar-refractivity contribution >= 4 is 36.0 Å². The van der Waals surface area contributed by atoms with Gasteiger partial charge in [0.25, 0.3) is 5.56 Å². The van der Waals surface area contributed by atoms with Crippen molar-refractivity contribution in [2.75, 3.05) is 26.8 Å². The third-order valence-corrected chi connectivity index (χ3v) is 7.19. The van der Waals surface area contributed by atoms with Crippen molar-refractivity contribution in [3.8, 4) is 11.5 Å². The predicted molar refractivity (Wildman–Crippen MR) is 168 cm³/mol. The fraction of sp³-hybridized carbons (Fsp3) is 0.414. The summed E-state index contributed by atoms with van der Waals surface area (Å²) in [5, 5.41) is 33.2. The highest BCUT2D eigenvalue weighted by atomic mass is 35.5. The zero-order valence-electron chi connectivity index (χ0n) is 24.4. The third-order valence-electron chi connectivity index (χ3n) is 7.19. The summed E-state index contributed by atoms with van der Waals surface area (Å²) in [5.74, 6) is 1.03. The number of rotatable bonds is 13. The van der Waals surface area contributed by atoms with Crippen LogP contribution in [0.1, 0.15) is 18.6 Å². The minimum atomic E-state index is -1.01. The minimum Gasteiger partial charge on any atom is -0.493 e. The number of hydrogen-bond acceptors (Lipinski definition) is 9. The standard InChI is InChI=1S/C29H37N5O7.2ClH/c1-19(26(37)20-10-6-5-7-11-20)33(16-22(36)17-41-24-13-9-8-12-23(24)40-4)14-21(35)15-34-18-30-27-25(34)28(38)32(3)29(39)31(27)2;;/h5-13,18-19,21-22,26,35-37H,14-17H2,1-4H3;2*1H. The molecule has 4 unspecified atom stereocenters. The first-order valence-corrected chi connectivity index (χ1v) is 13.3. The highest BCUT2D eigenvalue weighted by Gasteiger charge is 2.28.